The summed E-state index contributed by atoms with van der Waals surface area (Å²) in [5.41, 5.74) is 6.84. The number of imidazole rings is 1. The highest BCUT2D eigenvalue weighted by Crippen LogP contribution is 2.12. The van der Waals surface area contributed by atoms with E-state index in [1.165, 1.54) is 31.6 Å². The average molecular weight is 493 g/mol. The maximum Gasteiger partial charge on any atom is 0.326 e. The number of nitrogens with zero attached hydrogens (tertiary/aromatic N) is 1. The zero-order valence-corrected chi connectivity index (χ0v) is 19.3. The molecule has 4 unspecified atom stereocenters. The molecule has 184 valence electrons. The summed E-state index contributed by atoms with van der Waals surface area (Å²) < 4.78 is 0. The highest BCUT2D eigenvalue weighted by atomic mass is 32.1. The molecule has 8 N–H and O–H groups in total. The molecule has 13 heteroatoms. The van der Waals surface area contributed by atoms with Crippen LogP contribution in [0.15, 0.2) is 36.8 Å². The molecule has 3 amide bonds. The lowest BCUT2D eigenvalue weighted by molar-refractivity contribution is -0.142. The largest absolute Gasteiger partial charge is 0.508 e. The Hall–Kier alpha value is -3.58. The van der Waals surface area contributed by atoms with Crippen molar-refractivity contribution in [2.24, 2.45) is 5.73 Å². The molecule has 0 bridgehead atoms. The van der Waals surface area contributed by atoms with Crippen LogP contribution in [-0.4, -0.2) is 73.8 Å². The van der Waals surface area contributed by atoms with Crippen LogP contribution in [0.4, 0.5) is 0 Å². The molecule has 12 nitrogen and oxygen atoms in total. The Morgan fingerprint density at radius 2 is 1.68 bits per heavy atom. The van der Waals surface area contributed by atoms with Crippen molar-refractivity contribution < 1.29 is 29.4 Å². The number of nitrogens with one attached hydrogen (secondary N) is 4. The number of thiol groups is 1. The van der Waals surface area contributed by atoms with E-state index in [0.717, 1.165) is 0 Å². The highest BCUT2D eigenvalue weighted by molar-refractivity contribution is 7.80. The summed E-state index contributed by atoms with van der Waals surface area (Å²) in [6.45, 7) is 1.39. The minimum absolute atomic E-state index is 0.0249. The first kappa shape index (κ1) is 26.7. The molecule has 2 rings (SSSR count). The summed E-state index contributed by atoms with van der Waals surface area (Å²) in [4.78, 5) is 55.8. The summed E-state index contributed by atoms with van der Waals surface area (Å²) >= 11 is 3.98. The predicted octanol–water partition coefficient (Wildman–Crippen LogP) is -1.28. The fourth-order valence-electron chi connectivity index (χ4n) is 2.93. The quantitative estimate of drug-likeness (QED) is 0.167. The molecule has 0 aliphatic rings. The van der Waals surface area contributed by atoms with Crippen LogP contribution in [0.25, 0.3) is 0 Å². The lowest BCUT2D eigenvalue weighted by atomic mass is 10.0. The minimum Gasteiger partial charge on any atom is -0.508 e. The van der Waals surface area contributed by atoms with Gasteiger partial charge in [0.1, 0.15) is 23.9 Å². The molecule has 1 aromatic heterocycles. The van der Waals surface area contributed by atoms with E-state index in [0.29, 0.717) is 11.3 Å². The number of aromatic nitrogens is 2. The fraction of sp³-hybridized carbons (Fsp3) is 0.381. The molecule has 0 aliphatic heterocycles. The number of hydrogen-bond donors (Lipinski definition) is 8. The van der Waals surface area contributed by atoms with Crippen LogP contribution in [0.3, 0.4) is 0 Å². The van der Waals surface area contributed by atoms with Crippen molar-refractivity contribution in [3.05, 3.63) is 48.0 Å². The predicted molar refractivity (Wildman–Crippen MR) is 125 cm³/mol. The maximum absolute atomic E-state index is 12.9. The van der Waals surface area contributed by atoms with Crippen LogP contribution in [0, 0.1) is 0 Å². The molecule has 0 aliphatic carbocycles. The van der Waals surface area contributed by atoms with Crippen LogP contribution < -0.4 is 21.7 Å². The molecule has 0 saturated heterocycles. The van der Waals surface area contributed by atoms with Crippen molar-refractivity contribution in [1.82, 2.24) is 25.9 Å². The van der Waals surface area contributed by atoms with E-state index in [1.807, 2.05) is 0 Å². The Balaban J connectivity index is 2.06. The number of phenols is 1. The number of aromatic amines is 1. The van der Waals surface area contributed by atoms with Crippen LogP contribution in [0.1, 0.15) is 18.2 Å². The zero-order valence-electron chi connectivity index (χ0n) is 18.4. The molecule has 0 spiro atoms. The summed E-state index contributed by atoms with van der Waals surface area (Å²) in [6.07, 6.45) is 2.87. The number of carbonyl (C=O) groups is 4. The number of hydrogen-bond acceptors (Lipinski definition) is 8. The molecule has 0 saturated carbocycles. The van der Waals surface area contributed by atoms with Crippen LogP contribution in [-0.2, 0) is 32.0 Å². The number of H-pyrrole nitrogens is 1. The topological polar surface area (TPSA) is 200 Å². The summed E-state index contributed by atoms with van der Waals surface area (Å²) in [6, 6.07) is 1.67. The van der Waals surface area contributed by atoms with Gasteiger partial charge in [-0.2, -0.15) is 12.6 Å². The second kappa shape index (κ2) is 12.6. The van der Waals surface area contributed by atoms with E-state index in [9.17, 15) is 29.4 Å². The first-order valence-corrected chi connectivity index (χ1v) is 11.0. The van der Waals surface area contributed by atoms with Crippen LogP contribution in [0.5, 0.6) is 5.75 Å². The van der Waals surface area contributed by atoms with E-state index >= 15 is 0 Å². The van der Waals surface area contributed by atoms with Gasteiger partial charge in [0.15, 0.2) is 0 Å². The number of benzene rings is 1. The molecule has 4 atom stereocenters. The lowest BCUT2D eigenvalue weighted by Gasteiger charge is -2.23. The minimum atomic E-state index is -1.25. The van der Waals surface area contributed by atoms with Crippen molar-refractivity contribution in [2.75, 3.05) is 5.75 Å². The molecule has 1 aromatic carbocycles. The van der Waals surface area contributed by atoms with Gasteiger partial charge in [0, 0.05) is 30.5 Å². The second-order valence-electron chi connectivity index (χ2n) is 7.63. The average Bonchev–Trinajstić information content (AvgIpc) is 3.31. The van der Waals surface area contributed by atoms with Crippen molar-refractivity contribution in [1.29, 1.82) is 0 Å². The third-order valence-corrected chi connectivity index (χ3v) is 5.28. The van der Waals surface area contributed by atoms with Crippen molar-refractivity contribution in [2.45, 2.75) is 43.9 Å². The van der Waals surface area contributed by atoms with E-state index in [1.54, 1.807) is 12.1 Å². The lowest BCUT2D eigenvalue weighted by Crippen LogP contribution is -2.57. The fourth-order valence-corrected chi connectivity index (χ4v) is 3.10. The van der Waals surface area contributed by atoms with Gasteiger partial charge in [-0.1, -0.05) is 12.1 Å². The Morgan fingerprint density at radius 3 is 2.24 bits per heavy atom. The number of amides is 3. The highest BCUT2D eigenvalue weighted by Gasteiger charge is 2.28. The molecule has 2 aromatic rings. The Kier molecular flexibility index (Phi) is 9.89. The van der Waals surface area contributed by atoms with Gasteiger partial charge in [-0.15, -0.1) is 0 Å². The number of carbonyl (C=O) groups excluding carboxylic acids is 3. The van der Waals surface area contributed by atoms with Gasteiger partial charge in [0.25, 0.3) is 0 Å². The van der Waals surface area contributed by atoms with Crippen molar-refractivity contribution in [3.8, 4) is 5.75 Å². The van der Waals surface area contributed by atoms with Gasteiger partial charge in [-0.25, -0.2) is 9.78 Å². The van der Waals surface area contributed by atoms with Gasteiger partial charge < -0.3 is 36.9 Å². The number of phenolic OH excluding ortho intramolecular Hbond substituents is 1. The molecule has 0 radical (unpaired) electrons. The molecular weight excluding hydrogens is 464 g/mol. The van der Waals surface area contributed by atoms with Gasteiger partial charge >= 0.3 is 5.97 Å². The third-order valence-electron chi connectivity index (χ3n) is 4.89. The Labute approximate surface area is 201 Å². The Bertz CT molecular complexity index is 984. The first-order valence-electron chi connectivity index (χ1n) is 10.4. The Morgan fingerprint density at radius 1 is 1.03 bits per heavy atom. The smallest absolute Gasteiger partial charge is 0.326 e. The van der Waals surface area contributed by atoms with Gasteiger partial charge in [-0.3, -0.25) is 14.4 Å². The van der Waals surface area contributed by atoms with Crippen molar-refractivity contribution in [3.63, 3.8) is 0 Å². The number of aliphatic carboxylic acids is 1. The number of rotatable bonds is 12. The van der Waals surface area contributed by atoms with Gasteiger partial charge in [0.2, 0.25) is 17.7 Å². The number of carboxylic acids is 1. The SMILES string of the molecule is CC(NC(=O)C(Cc1ccc(O)cc1)NC(=O)C(N)CS)C(=O)NC(Cc1cnc[nH]1)C(=O)O. The zero-order chi connectivity index (χ0) is 25.3. The van der Waals surface area contributed by atoms with Crippen molar-refractivity contribution >= 4 is 36.3 Å². The molecule has 1 heterocycles. The molecule has 0 fully saturated rings. The van der Waals surface area contributed by atoms with E-state index in [2.05, 4.69) is 38.5 Å². The normalized spacial score (nSPS) is 14.3. The third kappa shape index (κ3) is 8.08. The summed E-state index contributed by atoms with van der Waals surface area (Å²) in [5.74, 6) is -3.14. The summed E-state index contributed by atoms with van der Waals surface area (Å²) in [5, 5.41) is 26.3. The van der Waals surface area contributed by atoms with E-state index < -0.39 is 47.9 Å². The summed E-state index contributed by atoms with van der Waals surface area (Å²) in [7, 11) is 0. The number of nitrogens with two attached hydrogens (primary N) is 1. The number of aromatic hydroxyl groups is 1. The van der Waals surface area contributed by atoms with E-state index in [4.69, 9.17) is 5.73 Å². The molecular formula is C21H28N6O6S. The van der Waals surface area contributed by atoms with Gasteiger partial charge in [0.05, 0.1) is 12.4 Å². The van der Waals surface area contributed by atoms with Crippen LogP contribution in [0.2, 0.25) is 0 Å². The maximum atomic E-state index is 12.9. The van der Waals surface area contributed by atoms with E-state index in [-0.39, 0.29) is 24.3 Å². The second-order valence-corrected chi connectivity index (χ2v) is 8.00. The van der Waals surface area contributed by atoms with Crippen LogP contribution >= 0.6 is 12.6 Å². The standard InChI is InChI=1S/C21H28N6O6S/c1-11(18(29)27-17(21(32)33)7-13-8-23-10-24-13)25-20(31)16(26-19(30)15(22)9-34)6-12-2-4-14(28)5-3-12/h2-5,8,10-11,15-17,28,34H,6-7,9,22H2,1H3,(H,23,24)(H,25,31)(H,26,30)(H,27,29)(H,32,33). The number of carboxylic acid groups (broad SMARTS) is 1. The molecule has 34 heavy (non-hydrogen) atoms. The first-order chi connectivity index (χ1) is 16.1. The van der Waals surface area contributed by atoms with Gasteiger partial charge in [-0.05, 0) is 24.6 Å². The monoisotopic (exact) mass is 492 g/mol.